The normalized spacial score (nSPS) is 27.8. The van der Waals surface area contributed by atoms with Gasteiger partial charge in [0.2, 0.25) is 5.91 Å². The van der Waals surface area contributed by atoms with E-state index >= 15 is 0 Å². The molecule has 2 aromatic carbocycles. The molecule has 2 aliphatic heterocycles. The van der Waals surface area contributed by atoms with E-state index < -0.39 is 32.6 Å². The number of nitrogens with one attached hydrogen (secondary N) is 1. The van der Waals surface area contributed by atoms with Crippen LogP contribution in [0.15, 0.2) is 53.4 Å². The lowest BCUT2D eigenvalue weighted by atomic mass is 9.81. The minimum absolute atomic E-state index is 0.172. The van der Waals surface area contributed by atoms with E-state index in [-0.39, 0.29) is 4.90 Å². The predicted octanol–water partition coefficient (Wildman–Crippen LogP) is 2.55. The van der Waals surface area contributed by atoms with Crippen molar-refractivity contribution >= 4 is 15.7 Å². The molecule has 25 heavy (non-hydrogen) atoms. The molecule has 3 atom stereocenters. The fourth-order valence-electron chi connectivity index (χ4n) is 3.79. The molecule has 0 saturated carbocycles. The van der Waals surface area contributed by atoms with Gasteiger partial charge in [0.15, 0.2) is 20.8 Å². The van der Waals surface area contributed by atoms with E-state index in [0.717, 1.165) is 11.1 Å². The van der Waals surface area contributed by atoms with Gasteiger partial charge in [-0.15, -0.1) is 0 Å². The van der Waals surface area contributed by atoms with Gasteiger partial charge >= 0.3 is 0 Å². The van der Waals surface area contributed by atoms with E-state index in [1.807, 2.05) is 31.2 Å². The first-order valence-corrected chi connectivity index (χ1v) is 9.75. The minimum Gasteiger partial charge on any atom is -0.468 e. The third-order valence-electron chi connectivity index (χ3n) is 4.96. The maximum atomic E-state index is 13.2. The molecule has 2 heterocycles. The molecule has 1 saturated heterocycles. The number of carbonyl (C=O) groups is 1. The van der Waals surface area contributed by atoms with Crippen LogP contribution in [-0.2, 0) is 14.6 Å². The summed E-state index contributed by atoms with van der Waals surface area (Å²) in [6.45, 7) is 3.67. The summed E-state index contributed by atoms with van der Waals surface area (Å²) >= 11 is 0. The minimum atomic E-state index is -3.82. The summed E-state index contributed by atoms with van der Waals surface area (Å²) < 4.78 is 32.4. The molecule has 5 nitrogen and oxygen atoms in total. The van der Waals surface area contributed by atoms with Crippen LogP contribution in [0.25, 0.3) is 0 Å². The van der Waals surface area contributed by atoms with Crippen LogP contribution in [0.2, 0.25) is 0 Å². The SMILES string of the molecule is Cc1ccc(S(=O)(=O)[C@H]2C(=O)N[C@]3(C)C[C@H]2c2ccccc2O3)cc1. The number of hydrogen-bond acceptors (Lipinski definition) is 4. The number of amides is 1. The van der Waals surface area contributed by atoms with Gasteiger partial charge in [-0.25, -0.2) is 8.42 Å². The Morgan fingerprint density at radius 1 is 1.12 bits per heavy atom. The van der Waals surface area contributed by atoms with Crippen LogP contribution in [0, 0.1) is 6.92 Å². The Hall–Kier alpha value is -2.34. The van der Waals surface area contributed by atoms with E-state index in [4.69, 9.17) is 4.74 Å². The zero-order valence-electron chi connectivity index (χ0n) is 14.0. The molecule has 2 aromatic rings. The third kappa shape index (κ3) is 2.52. The average molecular weight is 357 g/mol. The Balaban J connectivity index is 1.85. The molecule has 1 fully saturated rings. The molecule has 0 radical (unpaired) electrons. The molecule has 6 heteroatoms. The highest BCUT2D eigenvalue weighted by molar-refractivity contribution is 7.92. The van der Waals surface area contributed by atoms with Crippen LogP contribution >= 0.6 is 0 Å². The van der Waals surface area contributed by atoms with E-state index in [1.165, 1.54) is 0 Å². The van der Waals surface area contributed by atoms with E-state index in [2.05, 4.69) is 5.32 Å². The first kappa shape index (κ1) is 16.1. The topological polar surface area (TPSA) is 72.5 Å². The van der Waals surface area contributed by atoms with Crippen molar-refractivity contribution in [1.29, 1.82) is 0 Å². The van der Waals surface area contributed by atoms with Crippen molar-refractivity contribution in [3.05, 3.63) is 59.7 Å². The highest BCUT2D eigenvalue weighted by Gasteiger charge is 2.53. The number of para-hydroxylation sites is 1. The number of fused-ring (bicyclic) bond motifs is 4. The summed E-state index contributed by atoms with van der Waals surface area (Å²) in [6, 6.07) is 14.0. The Morgan fingerprint density at radius 2 is 1.80 bits per heavy atom. The molecular formula is C19H19NO4S. The van der Waals surface area contributed by atoms with Gasteiger partial charge in [-0.2, -0.15) is 0 Å². The van der Waals surface area contributed by atoms with Crippen molar-refractivity contribution in [1.82, 2.24) is 5.32 Å². The number of benzene rings is 2. The number of ether oxygens (including phenoxy) is 1. The quantitative estimate of drug-likeness (QED) is 0.896. The summed E-state index contributed by atoms with van der Waals surface area (Å²) in [4.78, 5) is 12.9. The van der Waals surface area contributed by atoms with Gasteiger partial charge in [-0.3, -0.25) is 4.79 Å². The average Bonchev–Trinajstić information content (AvgIpc) is 2.54. The Labute approximate surface area is 146 Å². The first-order chi connectivity index (χ1) is 11.8. The van der Waals surface area contributed by atoms with Gasteiger partial charge < -0.3 is 10.1 Å². The summed E-state index contributed by atoms with van der Waals surface area (Å²) in [5.74, 6) is -0.311. The van der Waals surface area contributed by atoms with Gasteiger partial charge in [0, 0.05) is 12.3 Å². The smallest absolute Gasteiger partial charge is 0.242 e. The van der Waals surface area contributed by atoms with Crippen LogP contribution in [-0.4, -0.2) is 25.3 Å². The molecular weight excluding hydrogens is 338 g/mol. The number of rotatable bonds is 2. The maximum Gasteiger partial charge on any atom is 0.242 e. The molecule has 0 aliphatic carbocycles. The largest absolute Gasteiger partial charge is 0.468 e. The van der Waals surface area contributed by atoms with Gasteiger partial charge in [-0.05, 0) is 37.6 Å². The molecule has 2 bridgehead atoms. The lowest BCUT2D eigenvalue weighted by Gasteiger charge is -2.46. The summed E-state index contributed by atoms with van der Waals surface area (Å²) in [5.41, 5.74) is 0.863. The number of piperidine rings is 1. The van der Waals surface area contributed by atoms with E-state index in [1.54, 1.807) is 31.2 Å². The molecule has 1 amide bonds. The van der Waals surface area contributed by atoms with Crippen LogP contribution in [0.1, 0.15) is 30.4 Å². The molecule has 0 spiro atoms. The Morgan fingerprint density at radius 3 is 2.52 bits per heavy atom. The Bertz CT molecular complexity index is 952. The second-order valence-corrected chi connectivity index (χ2v) is 9.02. The number of sulfone groups is 1. The van der Waals surface area contributed by atoms with Crippen LogP contribution in [0.4, 0.5) is 0 Å². The molecule has 0 unspecified atom stereocenters. The van der Waals surface area contributed by atoms with Crippen molar-refractivity contribution in [3.63, 3.8) is 0 Å². The van der Waals surface area contributed by atoms with Gasteiger partial charge in [0.25, 0.3) is 0 Å². The lowest BCUT2D eigenvalue weighted by Crippen LogP contribution is -2.63. The van der Waals surface area contributed by atoms with Crippen molar-refractivity contribution in [3.8, 4) is 5.75 Å². The summed E-state index contributed by atoms with van der Waals surface area (Å²) in [5, 5.41) is 1.60. The molecule has 0 aromatic heterocycles. The fourth-order valence-corrected chi connectivity index (χ4v) is 5.61. The summed E-state index contributed by atoms with van der Waals surface area (Å²) in [7, 11) is -3.82. The van der Waals surface area contributed by atoms with Gasteiger partial charge in [0.1, 0.15) is 5.75 Å². The van der Waals surface area contributed by atoms with Crippen molar-refractivity contribution < 1.29 is 17.9 Å². The highest BCUT2D eigenvalue weighted by Crippen LogP contribution is 2.46. The molecule has 1 N–H and O–H groups in total. The van der Waals surface area contributed by atoms with Crippen LogP contribution < -0.4 is 10.1 Å². The van der Waals surface area contributed by atoms with E-state index in [0.29, 0.717) is 12.2 Å². The number of aryl methyl sites for hydroxylation is 1. The van der Waals surface area contributed by atoms with Gasteiger partial charge in [0.05, 0.1) is 4.90 Å². The fraction of sp³-hybridized carbons (Fsp3) is 0.316. The number of carbonyl (C=O) groups excluding carboxylic acids is 1. The van der Waals surface area contributed by atoms with Gasteiger partial charge in [-0.1, -0.05) is 35.9 Å². The highest BCUT2D eigenvalue weighted by atomic mass is 32.2. The van der Waals surface area contributed by atoms with Crippen LogP contribution in [0.3, 0.4) is 0 Å². The van der Waals surface area contributed by atoms with Crippen LogP contribution in [0.5, 0.6) is 5.75 Å². The predicted molar refractivity (Wildman–Crippen MR) is 93.1 cm³/mol. The number of hydrogen-bond donors (Lipinski definition) is 1. The third-order valence-corrected chi connectivity index (χ3v) is 7.10. The second kappa shape index (κ2) is 5.33. The Kier molecular flexibility index (Phi) is 3.44. The van der Waals surface area contributed by atoms with Crippen molar-refractivity contribution in [2.75, 3.05) is 0 Å². The first-order valence-electron chi connectivity index (χ1n) is 8.21. The monoisotopic (exact) mass is 357 g/mol. The van der Waals surface area contributed by atoms with Crippen molar-refractivity contribution in [2.45, 2.75) is 42.1 Å². The molecule has 4 rings (SSSR count). The second-order valence-electron chi connectivity index (χ2n) is 6.95. The maximum absolute atomic E-state index is 13.2. The zero-order valence-corrected chi connectivity index (χ0v) is 14.8. The zero-order chi connectivity index (χ0) is 17.8. The summed E-state index contributed by atoms with van der Waals surface area (Å²) in [6.07, 6.45) is 0.422. The van der Waals surface area contributed by atoms with E-state index in [9.17, 15) is 13.2 Å². The standard InChI is InChI=1S/C19H19NO4S/c1-12-7-9-13(10-8-12)25(22,23)17-15-11-19(2,20-18(17)21)24-16-6-4-3-5-14(15)16/h3-10,15,17H,11H2,1-2H3,(H,20,21)/t15-,17+,19-/m0/s1. The van der Waals surface area contributed by atoms with Crippen molar-refractivity contribution in [2.24, 2.45) is 0 Å². The molecule has 2 aliphatic rings. The lowest BCUT2D eigenvalue weighted by molar-refractivity contribution is -0.132. The molecule has 130 valence electrons.